The Bertz CT molecular complexity index is 867. The van der Waals surface area contributed by atoms with Crippen LogP contribution in [0.5, 0.6) is 0 Å². The van der Waals surface area contributed by atoms with Crippen LogP contribution in [0.4, 0.5) is 10.5 Å². The van der Waals surface area contributed by atoms with Crippen molar-refractivity contribution in [1.29, 1.82) is 0 Å². The summed E-state index contributed by atoms with van der Waals surface area (Å²) in [7, 11) is 0. The molecule has 1 aliphatic rings. The number of carbonyl (C=O) groups excluding carboxylic acids is 2. The van der Waals surface area contributed by atoms with Crippen LogP contribution in [-0.2, 0) is 21.6 Å². The number of carbonyl (C=O) groups is 2. The van der Waals surface area contributed by atoms with E-state index in [1.807, 2.05) is 56.3 Å². The van der Waals surface area contributed by atoms with E-state index in [0.717, 1.165) is 11.3 Å². The minimum Gasteiger partial charge on any atom is -0.445 e. The highest BCUT2D eigenvalue weighted by Gasteiger charge is 2.42. The van der Waals surface area contributed by atoms with Gasteiger partial charge in [0.2, 0.25) is 5.91 Å². The van der Waals surface area contributed by atoms with Crippen LogP contribution in [0.2, 0.25) is 0 Å². The van der Waals surface area contributed by atoms with E-state index >= 15 is 0 Å². The first kappa shape index (κ1) is 20.9. The predicted molar refractivity (Wildman–Crippen MR) is 115 cm³/mol. The number of piperazine rings is 1. The van der Waals surface area contributed by atoms with Crippen molar-refractivity contribution in [2.75, 3.05) is 18.0 Å². The Morgan fingerprint density at radius 1 is 1.03 bits per heavy atom. The van der Waals surface area contributed by atoms with Gasteiger partial charge in [0.25, 0.3) is 0 Å². The van der Waals surface area contributed by atoms with E-state index in [4.69, 9.17) is 4.74 Å². The Kier molecular flexibility index (Phi) is 5.69. The van der Waals surface area contributed by atoms with E-state index < -0.39 is 11.6 Å². The van der Waals surface area contributed by atoms with Crippen molar-refractivity contribution in [3.05, 3.63) is 65.7 Å². The van der Waals surface area contributed by atoms with Crippen LogP contribution in [0.25, 0.3) is 0 Å². The Hall–Kier alpha value is -2.82. The van der Waals surface area contributed by atoms with Crippen molar-refractivity contribution in [1.82, 2.24) is 4.90 Å². The molecule has 0 atom stereocenters. The highest BCUT2D eigenvalue weighted by molar-refractivity contribution is 5.97. The fourth-order valence-corrected chi connectivity index (χ4v) is 3.48. The zero-order valence-corrected chi connectivity index (χ0v) is 17.9. The standard InChI is InChI=1S/C24H30N2O3/c1-23(2,3)19-11-13-20(14-12-19)25-17-24(4,5)26(15-21(25)27)22(28)29-16-18-9-7-6-8-10-18/h6-14H,15-17H2,1-5H3. The number of amides is 2. The van der Waals surface area contributed by atoms with E-state index in [1.54, 1.807) is 4.90 Å². The lowest BCUT2D eigenvalue weighted by Gasteiger charge is -2.45. The first-order valence-electron chi connectivity index (χ1n) is 9.97. The van der Waals surface area contributed by atoms with Crippen molar-refractivity contribution >= 4 is 17.7 Å². The summed E-state index contributed by atoms with van der Waals surface area (Å²) in [6.45, 7) is 11.0. The summed E-state index contributed by atoms with van der Waals surface area (Å²) in [5, 5.41) is 0. The number of hydrogen-bond donors (Lipinski definition) is 0. The largest absolute Gasteiger partial charge is 0.445 e. The van der Waals surface area contributed by atoms with Gasteiger partial charge in [0.05, 0.1) is 5.54 Å². The quantitative estimate of drug-likeness (QED) is 0.755. The Labute approximate surface area is 173 Å². The maximum Gasteiger partial charge on any atom is 0.411 e. The first-order valence-corrected chi connectivity index (χ1v) is 9.97. The van der Waals surface area contributed by atoms with Gasteiger partial charge in [-0.2, -0.15) is 0 Å². The van der Waals surface area contributed by atoms with Gasteiger partial charge in [-0.25, -0.2) is 4.79 Å². The fourth-order valence-electron chi connectivity index (χ4n) is 3.48. The molecule has 0 unspecified atom stereocenters. The topological polar surface area (TPSA) is 49.9 Å². The highest BCUT2D eigenvalue weighted by Crippen LogP contribution is 2.29. The van der Waals surface area contributed by atoms with Crippen LogP contribution in [0.1, 0.15) is 45.7 Å². The smallest absolute Gasteiger partial charge is 0.411 e. The second-order valence-electron chi connectivity index (χ2n) is 9.22. The van der Waals surface area contributed by atoms with Crippen LogP contribution in [0.15, 0.2) is 54.6 Å². The molecule has 1 aliphatic heterocycles. The van der Waals surface area contributed by atoms with Gasteiger partial charge in [0.1, 0.15) is 13.2 Å². The summed E-state index contributed by atoms with van der Waals surface area (Å²) < 4.78 is 5.46. The maximum atomic E-state index is 12.8. The Balaban J connectivity index is 1.70. The number of anilines is 1. The molecular formula is C24H30N2O3. The number of benzene rings is 2. The van der Waals surface area contributed by atoms with E-state index in [9.17, 15) is 9.59 Å². The molecule has 1 heterocycles. The van der Waals surface area contributed by atoms with Gasteiger partial charge in [0.15, 0.2) is 0 Å². The summed E-state index contributed by atoms with van der Waals surface area (Å²) in [6, 6.07) is 17.6. The van der Waals surface area contributed by atoms with Gasteiger partial charge in [0, 0.05) is 12.2 Å². The second kappa shape index (κ2) is 7.90. The summed E-state index contributed by atoms with van der Waals surface area (Å²) >= 11 is 0. The predicted octanol–water partition coefficient (Wildman–Crippen LogP) is 4.75. The fraction of sp³-hybridized carbons (Fsp3) is 0.417. The molecule has 5 heteroatoms. The summed E-state index contributed by atoms with van der Waals surface area (Å²) in [6.07, 6.45) is -0.463. The highest BCUT2D eigenvalue weighted by atomic mass is 16.6. The maximum absolute atomic E-state index is 12.8. The SMILES string of the molecule is CC(C)(C)c1ccc(N2CC(C)(C)N(C(=O)OCc3ccccc3)CC2=O)cc1. The molecule has 0 aromatic heterocycles. The molecule has 5 nitrogen and oxygen atoms in total. The molecule has 0 saturated carbocycles. The first-order chi connectivity index (χ1) is 13.6. The minimum atomic E-state index is -0.537. The van der Waals surface area contributed by atoms with Crippen LogP contribution >= 0.6 is 0 Å². The van der Waals surface area contributed by atoms with Crippen LogP contribution in [-0.4, -0.2) is 35.5 Å². The van der Waals surface area contributed by atoms with Crippen molar-refractivity contribution in [3.63, 3.8) is 0 Å². The average molecular weight is 395 g/mol. The normalized spacial score (nSPS) is 16.7. The molecule has 29 heavy (non-hydrogen) atoms. The van der Waals surface area contributed by atoms with Crippen molar-refractivity contribution in [2.45, 2.75) is 52.2 Å². The minimum absolute atomic E-state index is 0.00163. The molecule has 0 radical (unpaired) electrons. The van der Waals surface area contributed by atoms with Crippen LogP contribution in [0, 0.1) is 0 Å². The molecule has 0 aliphatic carbocycles. The molecule has 0 spiro atoms. The third-order valence-corrected chi connectivity index (χ3v) is 5.34. The lowest BCUT2D eigenvalue weighted by Crippen LogP contribution is -2.63. The third-order valence-electron chi connectivity index (χ3n) is 5.34. The van der Waals surface area contributed by atoms with E-state index in [0.29, 0.717) is 6.54 Å². The molecule has 2 aromatic carbocycles. The van der Waals surface area contributed by atoms with Gasteiger partial charge >= 0.3 is 6.09 Å². The van der Waals surface area contributed by atoms with E-state index in [1.165, 1.54) is 10.5 Å². The monoisotopic (exact) mass is 394 g/mol. The van der Waals surface area contributed by atoms with E-state index in [2.05, 4.69) is 32.9 Å². The molecule has 3 rings (SSSR count). The van der Waals surface area contributed by atoms with Gasteiger partial charge in [-0.3, -0.25) is 9.69 Å². The summed E-state index contributed by atoms with van der Waals surface area (Å²) in [5.41, 5.74) is 2.51. The number of rotatable bonds is 3. The average Bonchev–Trinajstić information content (AvgIpc) is 2.68. The van der Waals surface area contributed by atoms with Gasteiger partial charge in [-0.05, 0) is 42.5 Å². The molecule has 2 aromatic rings. The number of ether oxygens (including phenoxy) is 1. The Morgan fingerprint density at radius 2 is 1.66 bits per heavy atom. The lowest BCUT2D eigenvalue weighted by atomic mass is 9.87. The zero-order valence-electron chi connectivity index (χ0n) is 17.9. The summed E-state index contributed by atoms with van der Waals surface area (Å²) in [4.78, 5) is 28.8. The molecule has 2 amide bonds. The van der Waals surface area contributed by atoms with Gasteiger partial charge in [-0.1, -0.05) is 63.2 Å². The number of nitrogens with zero attached hydrogens (tertiary/aromatic N) is 2. The molecular weight excluding hydrogens is 364 g/mol. The van der Waals surface area contributed by atoms with Gasteiger partial charge in [-0.15, -0.1) is 0 Å². The third kappa shape index (κ3) is 4.78. The van der Waals surface area contributed by atoms with Crippen LogP contribution in [0.3, 0.4) is 0 Å². The molecule has 154 valence electrons. The number of hydrogen-bond acceptors (Lipinski definition) is 3. The van der Waals surface area contributed by atoms with Crippen molar-refractivity contribution < 1.29 is 14.3 Å². The van der Waals surface area contributed by atoms with Crippen molar-refractivity contribution in [3.8, 4) is 0 Å². The molecule has 0 bridgehead atoms. The molecule has 1 saturated heterocycles. The summed E-state index contributed by atoms with van der Waals surface area (Å²) in [5.74, 6) is -0.107. The zero-order chi connectivity index (χ0) is 21.2. The van der Waals surface area contributed by atoms with Crippen LogP contribution < -0.4 is 4.90 Å². The molecule has 1 fully saturated rings. The Morgan fingerprint density at radius 3 is 2.24 bits per heavy atom. The molecule has 0 N–H and O–H groups in total. The van der Waals surface area contributed by atoms with Crippen molar-refractivity contribution in [2.24, 2.45) is 0 Å². The van der Waals surface area contributed by atoms with Gasteiger partial charge < -0.3 is 9.64 Å². The second-order valence-corrected chi connectivity index (χ2v) is 9.22. The lowest BCUT2D eigenvalue weighted by molar-refractivity contribution is -0.123. The van der Waals surface area contributed by atoms with E-state index in [-0.39, 0.29) is 24.5 Å².